The van der Waals surface area contributed by atoms with E-state index in [1.165, 1.54) is 25.7 Å². The molecule has 4 aliphatic carbocycles. The average Bonchev–Trinajstić information content (AvgIpc) is 3.91. The summed E-state index contributed by atoms with van der Waals surface area (Å²) in [6.45, 7) is 10.0. The molecule has 2 unspecified atom stereocenters. The summed E-state index contributed by atoms with van der Waals surface area (Å²) < 4.78 is 24.8. The highest BCUT2D eigenvalue weighted by atomic mass is 32.2. The molecule has 0 bridgehead atoms. The maximum Gasteiger partial charge on any atom is 0.316 e. The van der Waals surface area contributed by atoms with Gasteiger partial charge in [-0.05, 0) is 101 Å². The molecule has 0 radical (unpaired) electrons. The number of benzene rings is 2. The van der Waals surface area contributed by atoms with Crippen LogP contribution in [0.15, 0.2) is 42.5 Å². The highest BCUT2D eigenvalue weighted by Gasteiger charge is 2.36. The van der Waals surface area contributed by atoms with Crippen molar-refractivity contribution in [1.29, 1.82) is 0 Å². The van der Waals surface area contributed by atoms with Gasteiger partial charge in [0.2, 0.25) is 0 Å². The van der Waals surface area contributed by atoms with E-state index >= 15 is 9.59 Å². The van der Waals surface area contributed by atoms with E-state index in [9.17, 15) is 9.00 Å². The third kappa shape index (κ3) is 10.5. The van der Waals surface area contributed by atoms with Gasteiger partial charge < -0.3 is 19.3 Å². The number of aromatic nitrogens is 4. The number of carbonyl (C=O) groups excluding carboxylic acids is 3. The maximum atomic E-state index is 15.0. The molecular weight excluding hydrogens is 825 g/mol. The lowest BCUT2D eigenvalue weighted by Gasteiger charge is -2.42. The summed E-state index contributed by atoms with van der Waals surface area (Å²) in [6, 6.07) is 12.5. The second kappa shape index (κ2) is 20.2. The van der Waals surface area contributed by atoms with Crippen LogP contribution in [0, 0.1) is 6.92 Å². The molecule has 4 saturated carbocycles. The summed E-state index contributed by atoms with van der Waals surface area (Å²) in [7, 11) is 0. The Morgan fingerprint density at radius 1 is 0.719 bits per heavy atom. The van der Waals surface area contributed by atoms with Crippen LogP contribution in [-0.2, 0) is 16.7 Å². The van der Waals surface area contributed by atoms with Gasteiger partial charge in [-0.3, -0.25) is 24.2 Å². The number of aromatic amines is 1. The topological polar surface area (TPSA) is 154 Å². The molecule has 0 aliphatic heterocycles. The second-order valence-electron chi connectivity index (χ2n) is 20.2. The van der Waals surface area contributed by atoms with Crippen LogP contribution in [0.1, 0.15) is 210 Å². The van der Waals surface area contributed by atoms with Crippen molar-refractivity contribution in [3.63, 3.8) is 0 Å². The Morgan fingerprint density at radius 3 is 1.67 bits per heavy atom. The zero-order chi connectivity index (χ0) is 45.0. The second-order valence-corrected chi connectivity index (χ2v) is 21.0. The smallest absolute Gasteiger partial charge is 0.316 e. The molecule has 346 valence electrons. The predicted octanol–water partition coefficient (Wildman–Crippen LogP) is 10.4. The van der Waals surface area contributed by atoms with Crippen molar-refractivity contribution in [2.75, 3.05) is 4.72 Å². The Kier molecular flexibility index (Phi) is 14.5. The number of aryl methyl sites for hydroxylation is 1. The van der Waals surface area contributed by atoms with Crippen LogP contribution in [0.2, 0.25) is 0 Å². The van der Waals surface area contributed by atoms with E-state index in [1.807, 2.05) is 19.9 Å². The molecule has 64 heavy (non-hydrogen) atoms. The molecule has 14 heteroatoms. The predicted molar refractivity (Wildman–Crippen MR) is 252 cm³/mol. The van der Waals surface area contributed by atoms with Gasteiger partial charge in [-0.2, -0.15) is 4.21 Å². The van der Waals surface area contributed by atoms with Gasteiger partial charge in [0.1, 0.15) is 5.75 Å². The lowest BCUT2D eigenvalue weighted by molar-refractivity contribution is 0.0445. The number of carbonyl (C=O) groups is 3. The number of fused-ring (bicyclic) bond motifs is 1. The number of hydrogen-bond acceptors (Lipinski definition) is 7. The number of H-pyrrole nitrogens is 1. The summed E-state index contributed by atoms with van der Waals surface area (Å²) in [6.07, 6.45) is 21.5. The van der Waals surface area contributed by atoms with Gasteiger partial charge >= 0.3 is 11.3 Å². The minimum absolute atomic E-state index is 0.0693. The number of rotatable bonds is 13. The first-order valence-corrected chi connectivity index (χ1v) is 25.4. The van der Waals surface area contributed by atoms with E-state index in [4.69, 9.17) is 4.18 Å². The summed E-state index contributed by atoms with van der Waals surface area (Å²) in [5.41, 5.74) is 3.92. The third-order valence-corrected chi connectivity index (χ3v) is 15.1. The molecule has 2 aromatic heterocycles. The van der Waals surface area contributed by atoms with E-state index < -0.39 is 17.3 Å². The fourth-order valence-electron chi connectivity index (χ4n) is 10.8. The lowest BCUT2D eigenvalue weighted by atomic mass is 9.87. The number of hydrogen-bond donors (Lipinski definition) is 3. The van der Waals surface area contributed by atoms with Crippen molar-refractivity contribution in [2.24, 2.45) is 0 Å². The molecule has 8 rings (SSSR count). The molecular formula is C50H70N8O5S. The van der Waals surface area contributed by atoms with Gasteiger partial charge in [0.25, 0.3) is 17.7 Å². The first-order chi connectivity index (χ1) is 30.8. The quantitative estimate of drug-likeness (QED) is 0.121. The van der Waals surface area contributed by atoms with Crippen molar-refractivity contribution in [3.8, 4) is 5.75 Å². The van der Waals surface area contributed by atoms with Crippen LogP contribution in [0.25, 0.3) is 5.65 Å². The van der Waals surface area contributed by atoms with E-state index in [0.29, 0.717) is 33.8 Å². The van der Waals surface area contributed by atoms with Crippen LogP contribution in [0.5, 0.6) is 5.75 Å². The first-order valence-electron chi connectivity index (χ1n) is 24.4. The molecule has 4 fully saturated rings. The standard InChI is InChI=1S/C50H70N8O5S/c1-33-26-27-37(31-43(33)47(59)51-34(2)46-53-52-45-32-44(50(3,4)5)54-58(45)46)55-64(62)63-42-29-35(48(60)56(38-18-10-6-11-19-38)39-20-12-7-13-21-39)28-36(30-42)49(61)57(40-22-14-8-15-23-40)41-24-16-9-17-25-41/h26-32,34,38-41,54-55H,6-25H2,1-5H3,(H,51,59). The lowest BCUT2D eigenvalue weighted by Crippen LogP contribution is -2.49. The number of nitrogens with zero attached hydrogens (tertiary/aromatic N) is 5. The van der Waals surface area contributed by atoms with Crippen LogP contribution < -0.4 is 14.2 Å². The Balaban J connectivity index is 1.05. The fourth-order valence-corrected chi connectivity index (χ4v) is 11.5. The molecule has 13 nitrogen and oxygen atoms in total. The number of anilines is 1. The van der Waals surface area contributed by atoms with Gasteiger partial charge in [0.05, 0.1) is 11.7 Å². The normalized spacial score (nSPS) is 19.5. The van der Waals surface area contributed by atoms with Crippen molar-refractivity contribution in [1.82, 2.24) is 34.9 Å². The van der Waals surface area contributed by atoms with Gasteiger partial charge in [0, 0.05) is 58.0 Å². The zero-order valence-corrected chi connectivity index (χ0v) is 39.6. The molecule has 2 heterocycles. The SMILES string of the molecule is Cc1ccc(NS(=O)Oc2cc(C(=O)N(C3CCCCC3)C3CCCCC3)cc(C(=O)N(C3CCCCC3)C3CCCCC3)c2)cc1C(=O)NC(C)c1nnc2cc(C(C)(C)C)[nH]n12. The van der Waals surface area contributed by atoms with Crippen molar-refractivity contribution >= 4 is 40.3 Å². The Labute approximate surface area is 382 Å². The third-order valence-electron chi connectivity index (χ3n) is 14.4. The van der Waals surface area contributed by atoms with Gasteiger partial charge in [-0.1, -0.05) is 104 Å². The van der Waals surface area contributed by atoms with E-state index in [0.717, 1.165) is 114 Å². The maximum absolute atomic E-state index is 15.0. The summed E-state index contributed by atoms with van der Waals surface area (Å²) in [5.74, 6) is 0.298. The van der Waals surface area contributed by atoms with Gasteiger partial charge in [0.15, 0.2) is 11.5 Å². The van der Waals surface area contributed by atoms with Crippen molar-refractivity contribution in [3.05, 3.63) is 76.2 Å². The van der Waals surface area contributed by atoms with E-state index in [1.54, 1.807) is 40.9 Å². The summed E-state index contributed by atoms with van der Waals surface area (Å²) >= 11 is -2.14. The Morgan fingerprint density at radius 2 is 1.20 bits per heavy atom. The van der Waals surface area contributed by atoms with E-state index in [2.05, 4.69) is 55.9 Å². The summed E-state index contributed by atoms with van der Waals surface area (Å²) in [5, 5.41) is 15.1. The Bertz CT molecular complexity index is 2190. The van der Waals surface area contributed by atoms with E-state index in [-0.39, 0.29) is 53.1 Å². The van der Waals surface area contributed by atoms with Crippen LogP contribution in [0.4, 0.5) is 5.69 Å². The van der Waals surface area contributed by atoms with Crippen LogP contribution in [-0.4, -0.2) is 75.7 Å². The van der Waals surface area contributed by atoms with Crippen LogP contribution >= 0.6 is 0 Å². The highest BCUT2D eigenvalue weighted by molar-refractivity contribution is 7.82. The monoisotopic (exact) mass is 895 g/mol. The highest BCUT2D eigenvalue weighted by Crippen LogP contribution is 2.35. The van der Waals surface area contributed by atoms with Crippen molar-refractivity contribution in [2.45, 2.75) is 199 Å². The number of amides is 3. The molecule has 4 aliphatic rings. The molecule has 2 aromatic carbocycles. The van der Waals surface area contributed by atoms with Crippen molar-refractivity contribution < 1.29 is 22.8 Å². The largest absolute Gasteiger partial charge is 0.385 e. The average molecular weight is 895 g/mol. The molecule has 0 spiro atoms. The number of nitrogens with one attached hydrogen (secondary N) is 3. The zero-order valence-electron chi connectivity index (χ0n) is 38.8. The molecule has 0 saturated heterocycles. The molecule has 3 N–H and O–H groups in total. The molecule has 4 aromatic rings. The van der Waals surface area contributed by atoms with Gasteiger partial charge in [-0.15, -0.1) is 10.2 Å². The van der Waals surface area contributed by atoms with Crippen LogP contribution in [0.3, 0.4) is 0 Å². The van der Waals surface area contributed by atoms with Gasteiger partial charge in [-0.25, -0.2) is 4.52 Å². The minimum atomic E-state index is -2.14. The molecule has 3 amide bonds. The Hall–Kier alpha value is -4.72. The first kappa shape index (κ1) is 45.8. The summed E-state index contributed by atoms with van der Waals surface area (Å²) in [4.78, 5) is 48.1. The molecule has 2 atom stereocenters. The fraction of sp³-hybridized carbons (Fsp3) is 0.620. The minimum Gasteiger partial charge on any atom is -0.385 e.